The fourth-order valence-electron chi connectivity index (χ4n) is 3.74. The van der Waals surface area contributed by atoms with Gasteiger partial charge in [0.1, 0.15) is 0 Å². The molecular formula is C24H31N3O2. The summed E-state index contributed by atoms with van der Waals surface area (Å²) in [5.74, 6) is 0.198. The number of nitrogens with zero attached hydrogens (tertiary/aromatic N) is 2. The summed E-state index contributed by atoms with van der Waals surface area (Å²) in [7, 11) is 0. The summed E-state index contributed by atoms with van der Waals surface area (Å²) in [4.78, 5) is 29.8. The summed E-state index contributed by atoms with van der Waals surface area (Å²) in [5, 5.41) is 3.06. The minimum absolute atomic E-state index is 0.0358. The van der Waals surface area contributed by atoms with Gasteiger partial charge in [-0.2, -0.15) is 0 Å². The molecule has 1 N–H and O–H groups in total. The van der Waals surface area contributed by atoms with Gasteiger partial charge in [0, 0.05) is 43.0 Å². The molecule has 1 aliphatic rings. The number of carbonyl (C=O) groups excluding carboxylic acids is 2. The van der Waals surface area contributed by atoms with E-state index in [0.29, 0.717) is 17.0 Å². The Labute approximate surface area is 173 Å². The van der Waals surface area contributed by atoms with Gasteiger partial charge in [-0.15, -0.1) is 0 Å². The van der Waals surface area contributed by atoms with E-state index in [-0.39, 0.29) is 11.8 Å². The lowest BCUT2D eigenvalue weighted by molar-refractivity contribution is 0.0643. The van der Waals surface area contributed by atoms with Crippen molar-refractivity contribution in [3.63, 3.8) is 0 Å². The first-order chi connectivity index (χ1) is 13.9. The number of nitrogens with one attached hydrogen (secondary N) is 1. The molecule has 0 bridgehead atoms. The number of para-hydroxylation sites is 1. The minimum Gasteiger partial charge on any atom is -0.336 e. The van der Waals surface area contributed by atoms with Crippen molar-refractivity contribution in [2.45, 2.75) is 33.6 Å². The second-order valence-corrected chi connectivity index (χ2v) is 7.95. The van der Waals surface area contributed by atoms with Crippen molar-refractivity contribution in [2.24, 2.45) is 0 Å². The zero-order valence-corrected chi connectivity index (χ0v) is 17.9. The number of hydrogen-bond donors (Lipinski definition) is 1. The molecule has 0 unspecified atom stereocenters. The highest BCUT2D eigenvalue weighted by molar-refractivity contribution is 6.05. The van der Waals surface area contributed by atoms with Crippen LogP contribution in [0.3, 0.4) is 0 Å². The van der Waals surface area contributed by atoms with E-state index < -0.39 is 0 Å². The van der Waals surface area contributed by atoms with Crippen LogP contribution < -0.4 is 5.32 Å². The van der Waals surface area contributed by atoms with Gasteiger partial charge in [0.2, 0.25) is 0 Å². The van der Waals surface area contributed by atoms with Crippen LogP contribution in [-0.4, -0.2) is 54.3 Å². The molecule has 0 aliphatic carbocycles. The maximum absolute atomic E-state index is 12.8. The third-order valence-corrected chi connectivity index (χ3v) is 5.67. The third-order valence-electron chi connectivity index (χ3n) is 5.67. The summed E-state index contributed by atoms with van der Waals surface area (Å²) >= 11 is 0. The molecule has 0 aromatic heterocycles. The molecule has 1 fully saturated rings. The molecule has 1 aliphatic heterocycles. The highest BCUT2D eigenvalue weighted by atomic mass is 16.2. The van der Waals surface area contributed by atoms with Crippen molar-refractivity contribution >= 4 is 17.5 Å². The lowest BCUT2D eigenvalue weighted by Crippen LogP contribution is -2.48. The lowest BCUT2D eigenvalue weighted by atomic mass is 9.98. The van der Waals surface area contributed by atoms with Crippen molar-refractivity contribution in [1.82, 2.24) is 9.80 Å². The van der Waals surface area contributed by atoms with Crippen molar-refractivity contribution in [2.75, 3.05) is 38.0 Å². The summed E-state index contributed by atoms with van der Waals surface area (Å²) in [6.45, 7) is 12.7. The number of benzene rings is 2. The molecule has 2 amide bonds. The molecule has 0 saturated carbocycles. The smallest absolute Gasteiger partial charge is 0.255 e. The van der Waals surface area contributed by atoms with Crippen LogP contribution in [0.2, 0.25) is 0 Å². The molecule has 0 radical (unpaired) electrons. The second kappa shape index (κ2) is 9.23. The van der Waals surface area contributed by atoms with Crippen molar-refractivity contribution in [3.8, 4) is 0 Å². The predicted octanol–water partition coefficient (Wildman–Crippen LogP) is 4.15. The molecule has 5 nitrogen and oxygen atoms in total. The summed E-state index contributed by atoms with van der Waals surface area (Å²) in [6.07, 6.45) is 0. The van der Waals surface area contributed by atoms with E-state index in [1.165, 1.54) is 0 Å². The fraction of sp³-hybridized carbons (Fsp3) is 0.417. The van der Waals surface area contributed by atoms with Gasteiger partial charge in [-0.05, 0) is 54.8 Å². The topological polar surface area (TPSA) is 52.7 Å². The molecule has 1 heterocycles. The molecule has 3 rings (SSSR count). The maximum Gasteiger partial charge on any atom is 0.255 e. The van der Waals surface area contributed by atoms with Gasteiger partial charge >= 0.3 is 0 Å². The van der Waals surface area contributed by atoms with Gasteiger partial charge in [0.25, 0.3) is 11.8 Å². The van der Waals surface area contributed by atoms with Crippen LogP contribution >= 0.6 is 0 Å². The van der Waals surface area contributed by atoms with Crippen LogP contribution in [0.1, 0.15) is 58.5 Å². The van der Waals surface area contributed by atoms with E-state index in [9.17, 15) is 9.59 Å². The van der Waals surface area contributed by atoms with Crippen molar-refractivity contribution in [1.29, 1.82) is 0 Å². The number of rotatable bonds is 5. The molecule has 0 spiro atoms. The molecule has 1 saturated heterocycles. The first-order valence-electron chi connectivity index (χ1n) is 10.4. The normalized spacial score (nSPS) is 14.9. The van der Waals surface area contributed by atoms with Crippen LogP contribution in [0.15, 0.2) is 42.5 Å². The zero-order chi connectivity index (χ0) is 21.0. The summed E-state index contributed by atoms with van der Waals surface area (Å²) < 4.78 is 0. The zero-order valence-electron chi connectivity index (χ0n) is 17.9. The first-order valence-corrected chi connectivity index (χ1v) is 10.4. The Morgan fingerprint density at radius 2 is 1.59 bits per heavy atom. The van der Waals surface area contributed by atoms with Gasteiger partial charge in [0.15, 0.2) is 0 Å². The van der Waals surface area contributed by atoms with Crippen LogP contribution in [0, 0.1) is 6.92 Å². The van der Waals surface area contributed by atoms with E-state index in [1.807, 2.05) is 30.0 Å². The SMILES string of the molecule is CCN1CCN(C(=O)c2ccc(C(=O)Nc3c(C)cccc3C(C)C)cc2)CC1. The Kier molecular flexibility index (Phi) is 6.70. The molecule has 5 heteroatoms. The average molecular weight is 394 g/mol. The number of likely N-dealkylation sites (N-methyl/N-ethyl adjacent to an activating group) is 1. The van der Waals surface area contributed by atoms with Crippen molar-refractivity contribution in [3.05, 3.63) is 64.7 Å². The van der Waals surface area contributed by atoms with E-state index in [4.69, 9.17) is 0 Å². The van der Waals surface area contributed by atoms with Gasteiger partial charge in [0.05, 0.1) is 0 Å². The lowest BCUT2D eigenvalue weighted by Gasteiger charge is -2.34. The van der Waals surface area contributed by atoms with Gasteiger partial charge in [-0.1, -0.05) is 39.0 Å². The van der Waals surface area contributed by atoms with Crippen LogP contribution in [0.4, 0.5) is 5.69 Å². The van der Waals surface area contributed by atoms with Crippen LogP contribution in [0.25, 0.3) is 0 Å². The van der Waals surface area contributed by atoms with E-state index in [2.05, 4.69) is 31.0 Å². The Balaban J connectivity index is 1.69. The Morgan fingerprint density at radius 1 is 0.966 bits per heavy atom. The maximum atomic E-state index is 12.8. The first kappa shape index (κ1) is 21.1. The molecule has 2 aromatic rings. The third kappa shape index (κ3) is 4.85. The number of amides is 2. The molecule has 0 atom stereocenters. The summed E-state index contributed by atoms with van der Waals surface area (Å²) in [5.41, 5.74) is 4.22. The summed E-state index contributed by atoms with van der Waals surface area (Å²) in [6, 6.07) is 13.0. The van der Waals surface area contributed by atoms with Crippen LogP contribution in [0.5, 0.6) is 0 Å². The number of carbonyl (C=O) groups is 2. The number of aryl methyl sites for hydroxylation is 1. The number of piperazine rings is 1. The van der Waals surface area contributed by atoms with Crippen LogP contribution in [-0.2, 0) is 0 Å². The van der Waals surface area contributed by atoms with Gasteiger partial charge in [-0.25, -0.2) is 0 Å². The van der Waals surface area contributed by atoms with Gasteiger partial charge < -0.3 is 15.1 Å². The Hall–Kier alpha value is -2.66. The largest absolute Gasteiger partial charge is 0.336 e. The number of anilines is 1. The van der Waals surface area contributed by atoms with Crippen molar-refractivity contribution < 1.29 is 9.59 Å². The predicted molar refractivity (Wildman–Crippen MR) is 118 cm³/mol. The average Bonchev–Trinajstić information content (AvgIpc) is 2.74. The second-order valence-electron chi connectivity index (χ2n) is 7.95. The molecule has 2 aromatic carbocycles. The Bertz CT molecular complexity index is 866. The minimum atomic E-state index is -0.156. The quantitative estimate of drug-likeness (QED) is 0.830. The standard InChI is InChI=1S/C24H31N3O2/c1-5-26-13-15-27(16-14-26)24(29)20-11-9-19(10-12-20)23(28)25-22-18(4)7-6-8-21(22)17(2)3/h6-12,17H,5,13-16H2,1-4H3,(H,25,28). The molecule has 29 heavy (non-hydrogen) atoms. The highest BCUT2D eigenvalue weighted by Crippen LogP contribution is 2.28. The highest BCUT2D eigenvalue weighted by Gasteiger charge is 2.21. The van der Waals surface area contributed by atoms with Gasteiger partial charge in [-0.3, -0.25) is 9.59 Å². The molecular weight excluding hydrogens is 362 g/mol. The van der Waals surface area contributed by atoms with E-state index in [0.717, 1.165) is 49.5 Å². The van der Waals surface area contributed by atoms with E-state index >= 15 is 0 Å². The Morgan fingerprint density at radius 3 is 2.17 bits per heavy atom. The number of hydrogen-bond acceptors (Lipinski definition) is 3. The monoisotopic (exact) mass is 393 g/mol. The fourth-order valence-corrected chi connectivity index (χ4v) is 3.74. The molecule has 154 valence electrons. The van der Waals surface area contributed by atoms with E-state index in [1.54, 1.807) is 24.3 Å².